The van der Waals surface area contributed by atoms with Crippen LogP contribution in [0.25, 0.3) is 0 Å². The Balaban J connectivity index is 0. The van der Waals surface area contributed by atoms with Gasteiger partial charge in [-0.15, -0.1) is 0 Å². The van der Waals surface area contributed by atoms with Gasteiger partial charge in [0.05, 0.1) is 13.2 Å². The molecule has 0 unspecified atom stereocenters. The Morgan fingerprint density at radius 2 is 1.11 bits per heavy atom. The number of nitrogens with zero attached hydrogens (tertiary/aromatic N) is 1. The summed E-state index contributed by atoms with van der Waals surface area (Å²) in [7, 11) is -4.24. The van der Waals surface area contributed by atoms with Gasteiger partial charge in [-0.25, -0.2) is 4.57 Å². The molecule has 0 amide bonds. The average molecular weight is 426 g/mol. The molecule has 28 heavy (non-hydrogen) atoms. The monoisotopic (exact) mass is 425 g/mol. The number of unbranched alkanes of at least 4 members (excludes halogenated alkanes) is 10. The maximum atomic E-state index is 10.3. The Morgan fingerprint density at radius 3 is 1.50 bits per heavy atom. The zero-order chi connectivity index (χ0) is 21.5. The quantitative estimate of drug-likeness (QED) is 0.187. The van der Waals surface area contributed by atoms with E-state index in [2.05, 4.69) is 30.2 Å². The van der Waals surface area contributed by atoms with Crippen LogP contribution in [0.4, 0.5) is 0 Å². The fourth-order valence-corrected chi connectivity index (χ4v) is 3.20. The lowest BCUT2D eigenvalue weighted by Crippen LogP contribution is -2.28. The second kappa shape index (κ2) is 23.3. The molecule has 6 nitrogen and oxygen atoms in total. The van der Waals surface area contributed by atoms with Crippen molar-refractivity contribution < 1.29 is 24.0 Å². The molecule has 0 heterocycles. The first-order chi connectivity index (χ1) is 13.4. The highest BCUT2D eigenvalue weighted by molar-refractivity contribution is 7.46. The fraction of sp³-hybridized carbons (Fsp3) is 1.00. The van der Waals surface area contributed by atoms with Gasteiger partial charge >= 0.3 is 7.82 Å². The summed E-state index contributed by atoms with van der Waals surface area (Å²) >= 11 is 0. The first-order valence-corrected chi connectivity index (χ1v) is 13.0. The topological polar surface area (TPSA) is 90.2 Å². The van der Waals surface area contributed by atoms with E-state index in [0.29, 0.717) is 6.61 Å². The van der Waals surface area contributed by atoms with Crippen LogP contribution < -0.4 is 0 Å². The summed E-state index contributed by atoms with van der Waals surface area (Å²) in [6.07, 6.45) is 15.6. The predicted molar refractivity (Wildman–Crippen MR) is 119 cm³/mol. The number of phosphoric acid groups is 1. The molecule has 0 aromatic heterocycles. The van der Waals surface area contributed by atoms with Crippen LogP contribution in [-0.2, 0) is 9.09 Å². The van der Waals surface area contributed by atoms with Crippen molar-refractivity contribution in [1.82, 2.24) is 4.90 Å². The van der Waals surface area contributed by atoms with E-state index in [9.17, 15) is 4.57 Å². The van der Waals surface area contributed by atoms with Crippen molar-refractivity contribution in [2.24, 2.45) is 0 Å². The van der Waals surface area contributed by atoms with E-state index in [4.69, 9.17) is 14.9 Å². The van der Waals surface area contributed by atoms with Crippen LogP contribution in [0, 0.1) is 0 Å². The van der Waals surface area contributed by atoms with Crippen molar-refractivity contribution >= 4 is 7.82 Å². The molecule has 0 rings (SSSR count). The van der Waals surface area contributed by atoms with Gasteiger partial charge in [-0.2, -0.15) is 0 Å². The molecule has 0 aliphatic rings. The molecule has 0 fully saturated rings. The van der Waals surface area contributed by atoms with E-state index < -0.39 is 7.82 Å². The minimum absolute atomic E-state index is 0.167. The lowest BCUT2D eigenvalue weighted by atomic mass is 10.1. The van der Waals surface area contributed by atoms with Gasteiger partial charge in [0.1, 0.15) is 0 Å². The second-order valence-electron chi connectivity index (χ2n) is 7.42. The van der Waals surface area contributed by atoms with Gasteiger partial charge in [-0.3, -0.25) is 4.52 Å². The third-order valence-corrected chi connectivity index (χ3v) is 5.10. The summed E-state index contributed by atoms with van der Waals surface area (Å²) in [6.45, 7) is 10.2. The molecule has 0 aromatic rings. The number of phosphoric ester groups is 1. The van der Waals surface area contributed by atoms with Gasteiger partial charge < -0.3 is 19.8 Å². The molecular formula is C21H48NO5P. The lowest BCUT2D eigenvalue weighted by Gasteiger charge is -2.20. The number of aliphatic hydroxyl groups excluding tert-OH is 1. The van der Waals surface area contributed by atoms with Gasteiger partial charge in [0, 0.05) is 6.54 Å². The Morgan fingerprint density at radius 1 is 0.679 bits per heavy atom. The summed E-state index contributed by atoms with van der Waals surface area (Å²) < 4.78 is 14.7. The van der Waals surface area contributed by atoms with Crippen LogP contribution in [0.1, 0.15) is 104 Å². The average Bonchev–Trinajstić information content (AvgIpc) is 2.65. The smallest absolute Gasteiger partial charge is 0.395 e. The first kappa shape index (κ1) is 30.2. The van der Waals surface area contributed by atoms with Gasteiger partial charge in [-0.05, 0) is 32.4 Å². The van der Waals surface area contributed by atoms with Gasteiger partial charge in [0.2, 0.25) is 0 Å². The summed E-state index contributed by atoms with van der Waals surface area (Å²) in [5.74, 6) is 0. The molecule has 7 heteroatoms. The van der Waals surface area contributed by atoms with Crippen molar-refractivity contribution in [3.63, 3.8) is 0 Å². The van der Waals surface area contributed by atoms with Crippen molar-refractivity contribution in [1.29, 1.82) is 0 Å². The molecule has 172 valence electrons. The Hall–Kier alpha value is 0.0300. The van der Waals surface area contributed by atoms with E-state index in [0.717, 1.165) is 38.9 Å². The highest BCUT2D eigenvalue weighted by atomic mass is 31.2. The largest absolute Gasteiger partial charge is 0.469 e. The lowest BCUT2D eigenvalue weighted by molar-refractivity contribution is 0.192. The molecule has 0 atom stereocenters. The van der Waals surface area contributed by atoms with Gasteiger partial charge in [0.25, 0.3) is 0 Å². The van der Waals surface area contributed by atoms with Crippen LogP contribution in [0.3, 0.4) is 0 Å². The number of rotatable bonds is 19. The standard InChI is InChI=1S/C11H25O4P.C10H23NO/c1-2-3-4-5-6-7-8-9-10-11-15-16(12,13)14;1-3-5-7-11(9-10-12)8-6-4-2/h2-11H2,1H3,(H2,12,13,14);12H,3-10H2,1-2H3. The third kappa shape index (κ3) is 28.2. The normalized spacial score (nSPS) is 11.5. The number of hydrogen-bond acceptors (Lipinski definition) is 4. The Kier molecular flexibility index (Phi) is 25.2. The fourth-order valence-electron chi connectivity index (χ4n) is 2.84. The molecule has 0 aliphatic carbocycles. The summed E-state index contributed by atoms with van der Waals surface area (Å²) in [4.78, 5) is 19.2. The number of hydrogen-bond donors (Lipinski definition) is 3. The molecule has 0 saturated heterocycles. The highest BCUT2D eigenvalue weighted by Gasteiger charge is 2.12. The number of aliphatic hydroxyl groups is 1. The maximum Gasteiger partial charge on any atom is 0.469 e. The molecule has 0 aromatic carbocycles. The van der Waals surface area contributed by atoms with Crippen LogP contribution in [0.15, 0.2) is 0 Å². The summed E-state index contributed by atoms with van der Waals surface area (Å²) in [6, 6.07) is 0. The van der Waals surface area contributed by atoms with Gasteiger partial charge in [0.15, 0.2) is 0 Å². The molecule has 0 radical (unpaired) electrons. The van der Waals surface area contributed by atoms with Crippen molar-refractivity contribution in [3.8, 4) is 0 Å². The Bertz CT molecular complexity index is 331. The van der Waals surface area contributed by atoms with E-state index >= 15 is 0 Å². The van der Waals surface area contributed by atoms with E-state index in [-0.39, 0.29) is 6.61 Å². The van der Waals surface area contributed by atoms with Gasteiger partial charge in [-0.1, -0.05) is 85.0 Å². The van der Waals surface area contributed by atoms with Crippen molar-refractivity contribution in [2.45, 2.75) is 104 Å². The molecule has 0 aliphatic heterocycles. The molecule has 0 spiro atoms. The van der Waals surface area contributed by atoms with Crippen LogP contribution in [0.5, 0.6) is 0 Å². The van der Waals surface area contributed by atoms with E-state index in [1.165, 1.54) is 64.2 Å². The predicted octanol–water partition coefficient (Wildman–Crippen LogP) is 5.51. The molecular weight excluding hydrogens is 377 g/mol. The molecule has 3 N–H and O–H groups in total. The van der Waals surface area contributed by atoms with Crippen molar-refractivity contribution in [2.75, 3.05) is 32.8 Å². The van der Waals surface area contributed by atoms with E-state index in [1.54, 1.807) is 0 Å². The van der Waals surface area contributed by atoms with Crippen LogP contribution in [-0.4, -0.2) is 52.6 Å². The van der Waals surface area contributed by atoms with Crippen LogP contribution >= 0.6 is 7.82 Å². The Labute approximate surface area is 174 Å². The third-order valence-electron chi connectivity index (χ3n) is 4.58. The molecule has 0 saturated carbocycles. The SMILES string of the molecule is CCCCCCCCCCCOP(=O)(O)O.CCCCN(CCO)CCCC. The second-order valence-corrected chi connectivity index (χ2v) is 8.66. The zero-order valence-corrected chi connectivity index (χ0v) is 19.7. The first-order valence-electron chi connectivity index (χ1n) is 11.4. The van der Waals surface area contributed by atoms with E-state index in [1.807, 2.05) is 0 Å². The minimum atomic E-state index is -4.24. The highest BCUT2D eigenvalue weighted by Crippen LogP contribution is 2.35. The zero-order valence-electron chi connectivity index (χ0n) is 18.8. The maximum absolute atomic E-state index is 10.3. The van der Waals surface area contributed by atoms with Crippen molar-refractivity contribution in [3.05, 3.63) is 0 Å². The summed E-state index contributed by atoms with van der Waals surface area (Å²) in [5.41, 5.74) is 0. The summed E-state index contributed by atoms with van der Waals surface area (Å²) in [5, 5.41) is 8.79. The minimum Gasteiger partial charge on any atom is -0.395 e. The van der Waals surface area contributed by atoms with Crippen LogP contribution in [0.2, 0.25) is 0 Å². The molecule has 0 bridgehead atoms.